The fourth-order valence-corrected chi connectivity index (χ4v) is 1.81. The SMILES string of the molecule is CCN(CC(C)C#N)C(=O)C1COCC1N. The maximum atomic E-state index is 12.1. The Balaban J connectivity index is 2.59. The van der Waals surface area contributed by atoms with Crippen molar-refractivity contribution in [3.05, 3.63) is 0 Å². The molecule has 3 unspecified atom stereocenters. The Morgan fingerprint density at radius 1 is 1.69 bits per heavy atom. The van der Waals surface area contributed by atoms with Crippen LogP contribution in [0, 0.1) is 23.2 Å². The highest BCUT2D eigenvalue weighted by atomic mass is 16.5. The summed E-state index contributed by atoms with van der Waals surface area (Å²) in [6.45, 7) is 5.63. The fourth-order valence-electron chi connectivity index (χ4n) is 1.81. The van der Waals surface area contributed by atoms with Gasteiger partial charge in [-0.15, -0.1) is 0 Å². The maximum Gasteiger partial charge on any atom is 0.229 e. The predicted molar refractivity (Wildman–Crippen MR) is 59.3 cm³/mol. The molecule has 1 saturated heterocycles. The van der Waals surface area contributed by atoms with Crippen LogP contribution in [-0.2, 0) is 9.53 Å². The zero-order valence-electron chi connectivity index (χ0n) is 9.85. The molecule has 16 heavy (non-hydrogen) atoms. The van der Waals surface area contributed by atoms with Gasteiger partial charge in [0.05, 0.1) is 31.1 Å². The van der Waals surface area contributed by atoms with E-state index >= 15 is 0 Å². The lowest BCUT2D eigenvalue weighted by Gasteiger charge is -2.26. The number of hydrogen-bond acceptors (Lipinski definition) is 4. The summed E-state index contributed by atoms with van der Waals surface area (Å²) in [6, 6.07) is 1.92. The van der Waals surface area contributed by atoms with Crippen LogP contribution in [0.3, 0.4) is 0 Å². The molecule has 5 heteroatoms. The topological polar surface area (TPSA) is 79.3 Å². The third kappa shape index (κ3) is 2.94. The minimum atomic E-state index is -0.245. The molecule has 0 aromatic carbocycles. The van der Waals surface area contributed by atoms with Gasteiger partial charge in [0, 0.05) is 19.1 Å². The lowest BCUT2D eigenvalue weighted by atomic mass is 10.0. The normalized spacial score (nSPS) is 26.1. The van der Waals surface area contributed by atoms with Crippen molar-refractivity contribution in [3.8, 4) is 6.07 Å². The number of rotatable bonds is 4. The molecule has 90 valence electrons. The largest absolute Gasteiger partial charge is 0.379 e. The second kappa shape index (κ2) is 5.83. The second-order valence-electron chi connectivity index (χ2n) is 4.21. The van der Waals surface area contributed by atoms with Crippen molar-refractivity contribution in [2.24, 2.45) is 17.6 Å². The number of carbonyl (C=O) groups is 1. The van der Waals surface area contributed by atoms with Crippen LogP contribution in [0.5, 0.6) is 0 Å². The van der Waals surface area contributed by atoms with Crippen LogP contribution >= 0.6 is 0 Å². The van der Waals surface area contributed by atoms with E-state index in [1.54, 1.807) is 11.8 Å². The highest BCUT2D eigenvalue weighted by Gasteiger charge is 2.34. The minimum absolute atomic E-state index is 0.00889. The van der Waals surface area contributed by atoms with E-state index in [2.05, 4.69) is 6.07 Å². The predicted octanol–water partition coefficient (Wildman–Crippen LogP) is -0.0317. The van der Waals surface area contributed by atoms with E-state index in [-0.39, 0.29) is 23.8 Å². The highest BCUT2D eigenvalue weighted by molar-refractivity contribution is 5.80. The van der Waals surface area contributed by atoms with Gasteiger partial charge in [-0.2, -0.15) is 5.26 Å². The van der Waals surface area contributed by atoms with Gasteiger partial charge in [-0.1, -0.05) is 0 Å². The first kappa shape index (κ1) is 12.9. The van der Waals surface area contributed by atoms with Gasteiger partial charge in [-0.25, -0.2) is 0 Å². The average Bonchev–Trinajstić information content (AvgIpc) is 2.71. The summed E-state index contributed by atoms with van der Waals surface area (Å²) in [7, 11) is 0. The van der Waals surface area contributed by atoms with Gasteiger partial charge in [0.1, 0.15) is 0 Å². The monoisotopic (exact) mass is 225 g/mol. The molecule has 1 fully saturated rings. The van der Waals surface area contributed by atoms with Crippen molar-refractivity contribution in [3.63, 3.8) is 0 Å². The van der Waals surface area contributed by atoms with Gasteiger partial charge in [0.2, 0.25) is 5.91 Å². The Hall–Kier alpha value is -1.12. The zero-order valence-corrected chi connectivity index (χ0v) is 9.85. The molecule has 1 heterocycles. The number of amides is 1. The van der Waals surface area contributed by atoms with E-state index < -0.39 is 0 Å². The Kier molecular flexibility index (Phi) is 4.71. The first-order valence-corrected chi connectivity index (χ1v) is 5.61. The van der Waals surface area contributed by atoms with Gasteiger partial charge in [-0.05, 0) is 13.8 Å². The van der Waals surface area contributed by atoms with E-state index in [9.17, 15) is 4.79 Å². The molecule has 0 aliphatic carbocycles. The van der Waals surface area contributed by atoms with Gasteiger partial charge >= 0.3 is 0 Å². The third-order valence-electron chi connectivity index (χ3n) is 2.85. The number of ether oxygens (including phenoxy) is 1. The van der Waals surface area contributed by atoms with Crippen LogP contribution in [0.1, 0.15) is 13.8 Å². The zero-order chi connectivity index (χ0) is 12.1. The average molecular weight is 225 g/mol. The fraction of sp³-hybridized carbons (Fsp3) is 0.818. The molecular weight excluding hydrogens is 206 g/mol. The molecule has 1 aliphatic rings. The van der Waals surface area contributed by atoms with Crippen molar-refractivity contribution < 1.29 is 9.53 Å². The van der Waals surface area contributed by atoms with Gasteiger partial charge in [0.25, 0.3) is 0 Å². The molecule has 0 aromatic heterocycles. The van der Waals surface area contributed by atoms with Crippen LogP contribution in [0.2, 0.25) is 0 Å². The summed E-state index contributed by atoms with van der Waals surface area (Å²) >= 11 is 0. The number of nitrogens with zero attached hydrogens (tertiary/aromatic N) is 2. The lowest BCUT2D eigenvalue weighted by molar-refractivity contribution is -0.135. The molecule has 0 bridgehead atoms. The standard InChI is InChI=1S/C11H19N3O2/c1-3-14(5-8(2)4-12)11(15)9-6-16-7-10(9)13/h8-10H,3,5-7,13H2,1-2H3. The molecule has 1 amide bonds. The summed E-state index contributed by atoms with van der Waals surface area (Å²) < 4.78 is 5.18. The molecule has 1 rings (SSSR count). The number of nitriles is 1. The summed E-state index contributed by atoms with van der Waals surface area (Å²) in [5.74, 6) is -0.386. The van der Waals surface area contributed by atoms with Crippen molar-refractivity contribution >= 4 is 5.91 Å². The van der Waals surface area contributed by atoms with Gasteiger partial charge in [0.15, 0.2) is 0 Å². The van der Waals surface area contributed by atoms with E-state index in [0.717, 1.165) is 0 Å². The number of hydrogen-bond donors (Lipinski definition) is 1. The minimum Gasteiger partial charge on any atom is -0.379 e. The van der Waals surface area contributed by atoms with Gasteiger partial charge < -0.3 is 15.4 Å². The maximum absolute atomic E-state index is 12.1. The lowest BCUT2D eigenvalue weighted by Crippen LogP contribution is -2.44. The van der Waals surface area contributed by atoms with E-state index in [0.29, 0.717) is 26.3 Å². The molecule has 2 N–H and O–H groups in total. The third-order valence-corrected chi connectivity index (χ3v) is 2.85. The van der Waals surface area contributed by atoms with Crippen molar-refractivity contribution in [1.29, 1.82) is 5.26 Å². The Bertz CT molecular complexity index is 287. The van der Waals surface area contributed by atoms with Crippen LogP contribution < -0.4 is 5.73 Å². The van der Waals surface area contributed by atoms with E-state index in [4.69, 9.17) is 15.7 Å². The molecule has 0 spiro atoms. The molecule has 0 aromatic rings. The molecule has 0 radical (unpaired) electrons. The van der Waals surface area contributed by atoms with Crippen molar-refractivity contribution in [1.82, 2.24) is 4.90 Å². The highest BCUT2D eigenvalue weighted by Crippen LogP contribution is 2.15. The van der Waals surface area contributed by atoms with Crippen LogP contribution in [0.15, 0.2) is 0 Å². The summed E-state index contributed by atoms with van der Waals surface area (Å²) in [5, 5.41) is 8.74. The first-order valence-electron chi connectivity index (χ1n) is 5.61. The smallest absolute Gasteiger partial charge is 0.229 e. The van der Waals surface area contributed by atoms with E-state index in [1.807, 2.05) is 6.92 Å². The van der Waals surface area contributed by atoms with Gasteiger partial charge in [-0.3, -0.25) is 4.79 Å². The van der Waals surface area contributed by atoms with Crippen LogP contribution in [0.25, 0.3) is 0 Å². The first-order chi connectivity index (χ1) is 7.60. The second-order valence-corrected chi connectivity index (χ2v) is 4.21. The summed E-state index contributed by atoms with van der Waals surface area (Å²) in [5.41, 5.74) is 5.80. The number of nitrogens with two attached hydrogens (primary N) is 1. The van der Waals surface area contributed by atoms with Crippen LogP contribution in [-0.4, -0.2) is 43.2 Å². The molecule has 1 aliphatic heterocycles. The van der Waals surface area contributed by atoms with Crippen molar-refractivity contribution in [2.75, 3.05) is 26.3 Å². The Morgan fingerprint density at radius 3 is 2.81 bits per heavy atom. The molecule has 5 nitrogen and oxygen atoms in total. The summed E-state index contributed by atoms with van der Waals surface area (Å²) in [4.78, 5) is 13.8. The van der Waals surface area contributed by atoms with E-state index in [1.165, 1.54) is 0 Å². The quantitative estimate of drug-likeness (QED) is 0.728. The number of carbonyl (C=O) groups excluding carboxylic acids is 1. The Morgan fingerprint density at radius 2 is 2.38 bits per heavy atom. The van der Waals surface area contributed by atoms with Crippen LogP contribution in [0.4, 0.5) is 0 Å². The molecule has 0 saturated carbocycles. The molecular formula is C11H19N3O2. The van der Waals surface area contributed by atoms with Crippen molar-refractivity contribution in [2.45, 2.75) is 19.9 Å². The summed E-state index contributed by atoms with van der Waals surface area (Å²) in [6.07, 6.45) is 0. The Labute approximate surface area is 96.2 Å². The molecule has 3 atom stereocenters.